The Kier molecular flexibility index (Phi) is 7.70. The Morgan fingerprint density at radius 1 is 1.14 bits per heavy atom. The number of nitrogen functional groups attached to an aromatic ring is 1. The number of carbonyl (C=O) groups is 1. The number of thioether (sulfide) groups is 1. The van der Waals surface area contributed by atoms with Gasteiger partial charge in [-0.05, 0) is 48.6 Å². The van der Waals surface area contributed by atoms with Crippen LogP contribution in [0.1, 0.15) is 42.4 Å². The lowest BCUT2D eigenvalue weighted by Crippen LogP contribution is -2.33. The molecule has 1 atom stereocenters. The van der Waals surface area contributed by atoms with E-state index in [0.717, 1.165) is 28.2 Å². The molecule has 0 bridgehead atoms. The fourth-order valence-electron chi connectivity index (χ4n) is 3.90. The summed E-state index contributed by atoms with van der Waals surface area (Å²) in [7, 11) is 0. The van der Waals surface area contributed by atoms with Crippen LogP contribution in [0.5, 0.6) is 17.2 Å². The molecule has 1 aliphatic rings. The van der Waals surface area contributed by atoms with Crippen molar-refractivity contribution in [3.8, 4) is 17.2 Å². The van der Waals surface area contributed by atoms with Gasteiger partial charge in [-0.3, -0.25) is 4.79 Å². The van der Waals surface area contributed by atoms with Gasteiger partial charge in [-0.15, -0.1) is 10.2 Å². The van der Waals surface area contributed by atoms with Gasteiger partial charge in [0, 0.05) is 0 Å². The summed E-state index contributed by atoms with van der Waals surface area (Å²) in [6.07, 6.45) is 0. The lowest BCUT2D eigenvalue weighted by molar-refractivity contribution is -0.119. The van der Waals surface area contributed by atoms with Crippen LogP contribution in [-0.2, 0) is 11.4 Å². The van der Waals surface area contributed by atoms with E-state index in [1.165, 1.54) is 16.4 Å². The third-order valence-corrected chi connectivity index (χ3v) is 6.67. The molecule has 1 unspecified atom stereocenters. The summed E-state index contributed by atoms with van der Waals surface area (Å²) in [6.45, 7) is 9.35. The number of aromatic nitrogens is 3. The van der Waals surface area contributed by atoms with Crippen molar-refractivity contribution < 1.29 is 19.0 Å². The molecule has 1 amide bonds. The Balaban J connectivity index is 1.35. The predicted octanol–water partition coefficient (Wildman–Crippen LogP) is 3.56. The van der Waals surface area contributed by atoms with Crippen LogP contribution >= 0.6 is 11.8 Å². The molecule has 1 aromatic heterocycles. The predicted molar refractivity (Wildman–Crippen MR) is 134 cm³/mol. The molecule has 2 heterocycles. The van der Waals surface area contributed by atoms with Gasteiger partial charge in [-0.2, -0.15) is 0 Å². The SMILES string of the molecule is Cc1cccc(C)c1OCc1nnc(SCC(=O)NC(c2ccc3c(c2)OCCO3)C(C)C)n1N. The number of para-hydroxylation sites is 1. The zero-order valence-electron chi connectivity index (χ0n) is 20.4. The first-order chi connectivity index (χ1) is 16.8. The van der Waals surface area contributed by atoms with Crippen LogP contribution in [0.4, 0.5) is 0 Å². The molecule has 1 aliphatic heterocycles. The van der Waals surface area contributed by atoms with E-state index in [0.29, 0.717) is 29.9 Å². The van der Waals surface area contributed by atoms with Crippen LogP contribution in [0.3, 0.4) is 0 Å². The first kappa shape index (κ1) is 24.7. The molecule has 0 saturated heterocycles. The molecular weight excluding hydrogens is 466 g/mol. The van der Waals surface area contributed by atoms with Crippen molar-refractivity contribution in [3.05, 3.63) is 58.9 Å². The van der Waals surface area contributed by atoms with Crippen molar-refractivity contribution in [2.75, 3.05) is 24.8 Å². The van der Waals surface area contributed by atoms with Gasteiger partial charge in [-0.1, -0.05) is 49.9 Å². The van der Waals surface area contributed by atoms with E-state index in [9.17, 15) is 4.79 Å². The zero-order valence-corrected chi connectivity index (χ0v) is 21.2. The Labute approximate surface area is 209 Å². The van der Waals surface area contributed by atoms with Crippen LogP contribution in [0.15, 0.2) is 41.6 Å². The molecule has 4 rings (SSSR count). The van der Waals surface area contributed by atoms with Crippen molar-refractivity contribution >= 4 is 17.7 Å². The van der Waals surface area contributed by atoms with Crippen LogP contribution < -0.4 is 25.4 Å². The maximum Gasteiger partial charge on any atom is 0.230 e. The van der Waals surface area contributed by atoms with Gasteiger partial charge in [0.15, 0.2) is 17.3 Å². The molecule has 9 nitrogen and oxygen atoms in total. The lowest BCUT2D eigenvalue weighted by Gasteiger charge is -2.25. The standard InChI is InChI=1S/C25H31N5O4S/c1-15(2)23(18-8-9-19-20(12-18)33-11-10-32-19)27-22(31)14-35-25-29-28-21(30(25)26)13-34-24-16(3)6-5-7-17(24)4/h5-9,12,15,23H,10-11,13-14,26H2,1-4H3,(H,27,31). The number of nitrogens with one attached hydrogen (secondary N) is 1. The number of carbonyl (C=O) groups excluding carboxylic acids is 1. The highest BCUT2D eigenvalue weighted by Gasteiger charge is 2.22. The Hall–Kier alpha value is -3.40. The third-order valence-electron chi connectivity index (χ3n) is 5.73. The van der Waals surface area contributed by atoms with E-state index in [1.54, 1.807) is 0 Å². The number of fused-ring (bicyclic) bond motifs is 1. The van der Waals surface area contributed by atoms with Gasteiger partial charge in [0.1, 0.15) is 25.6 Å². The average molecular weight is 498 g/mol. The van der Waals surface area contributed by atoms with Crippen molar-refractivity contribution in [1.82, 2.24) is 20.2 Å². The summed E-state index contributed by atoms with van der Waals surface area (Å²) in [4.78, 5) is 12.8. The van der Waals surface area contributed by atoms with Crippen molar-refractivity contribution in [1.29, 1.82) is 0 Å². The fourth-order valence-corrected chi connectivity index (χ4v) is 4.59. The minimum Gasteiger partial charge on any atom is -0.486 e. The van der Waals surface area contributed by atoms with Gasteiger partial charge in [0.05, 0.1) is 11.8 Å². The molecule has 0 radical (unpaired) electrons. The smallest absolute Gasteiger partial charge is 0.230 e. The second-order valence-corrected chi connectivity index (χ2v) is 9.70. The zero-order chi connectivity index (χ0) is 24.9. The van der Waals surface area contributed by atoms with E-state index < -0.39 is 0 Å². The van der Waals surface area contributed by atoms with E-state index in [-0.39, 0.29) is 30.2 Å². The highest BCUT2D eigenvalue weighted by molar-refractivity contribution is 7.99. The summed E-state index contributed by atoms with van der Waals surface area (Å²) in [6, 6.07) is 11.6. The summed E-state index contributed by atoms with van der Waals surface area (Å²) in [5.74, 6) is 9.09. The topological polar surface area (TPSA) is 114 Å². The van der Waals surface area contributed by atoms with Crippen molar-refractivity contribution in [2.24, 2.45) is 5.92 Å². The summed E-state index contributed by atoms with van der Waals surface area (Å²) in [5, 5.41) is 11.8. The van der Waals surface area contributed by atoms with E-state index in [4.69, 9.17) is 20.1 Å². The van der Waals surface area contributed by atoms with Gasteiger partial charge in [0.2, 0.25) is 11.1 Å². The van der Waals surface area contributed by atoms with Gasteiger partial charge in [0.25, 0.3) is 0 Å². The van der Waals surface area contributed by atoms with Crippen LogP contribution in [0, 0.1) is 19.8 Å². The minimum absolute atomic E-state index is 0.125. The van der Waals surface area contributed by atoms with Crippen LogP contribution in [0.2, 0.25) is 0 Å². The van der Waals surface area contributed by atoms with Crippen molar-refractivity contribution in [3.63, 3.8) is 0 Å². The quantitative estimate of drug-likeness (QED) is 0.341. The number of nitrogens with two attached hydrogens (primary N) is 1. The number of hydrogen-bond donors (Lipinski definition) is 2. The molecule has 0 saturated carbocycles. The van der Waals surface area contributed by atoms with E-state index >= 15 is 0 Å². The first-order valence-electron chi connectivity index (χ1n) is 11.5. The normalized spacial score (nSPS) is 13.5. The highest BCUT2D eigenvalue weighted by Crippen LogP contribution is 2.34. The minimum atomic E-state index is -0.170. The molecular formula is C25H31N5O4S. The number of ether oxygens (including phenoxy) is 3. The first-order valence-corrected chi connectivity index (χ1v) is 12.5. The largest absolute Gasteiger partial charge is 0.486 e. The third kappa shape index (κ3) is 5.82. The maximum atomic E-state index is 12.8. The lowest BCUT2D eigenvalue weighted by atomic mass is 9.95. The summed E-state index contributed by atoms with van der Waals surface area (Å²) < 4.78 is 18.6. The van der Waals surface area contributed by atoms with Crippen LogP contribution in [-0.4, -0.2) is 39.7 Å². The van der Waals surface area contributed by atoms with Gasteiger partial charge >= 0.3 is 0 Å². The number of nitrogens with zero attached hydrogens (tertiary/aromatic N) is 3. The van der Waals surface area contributed by atoms with Gasteiger partial charge < -0.3 is 25.4 Å². The molecule has 0 aliphatic carbocycles. The van der Waals surface area contributed by atoms with E-state index in [1.807, 2.05) is 50.2 Å². The maximum absolute atomic E-state index is 12.8. The van der Waals surface area contributed by atoms with Gasteiger partial charge in [-0.25, -0.2) is 4.68 Å². The number of hydrogen-bond acceptors (Lipinski definition) is 8. The summed E-state index contributed by atoms with van der Waals surface area (Å²) in [5.41, 5.74) is 3.05. The Morgan fingerprint density at radius 3 is 2.57 bits per heavy atom. The molecule has 35 heavy (non-hydrogen) atoms. The highest BCUT2D eigenvalue weighted by atomic mass is 32.2. The van der Waals surface area contributed by atoms with Crippen LogP contribution in [0.25, 0.3) is 0 Å². The second-order valence-electron chi connectivity index (χ2n) is 8.76. The Bertz CT molecular complexity index is 1180. The molecule has 0 spiro atoms. The monoisotopic (exact) mass is 497 g/mol. The molecule has 3 N–H and O–H groups in total. The molecule has 3 aromatic rings. The number of benzene rings is 2. The van der Waals surface area contributed by atoms with E-state index in [2.05, 4.69) is 29.4 Å². The summed E-state index contributed by atoms with van der Waals surface area (Å²) >= 11 is 1.23. The number of aryl methyl sites for hydroxylation is 2. The van der Waals surface area contributed by atoms with Crippen molar-refractivity contribution in [2.45, 2.75) is 45.5 Å². The number of rotatable bonds is 9. The number of amides is 1. The Morgan fingerprint density at radius 2 is 1.86 bits per heavy atom. The average Bonchev–Trinajstić information content (AvgIpc) is 3.19. The molecule has 186 valence electrons. The fraction of sp³-hybridized carbons (Fsp3) is 0.400. The molecule has 0 fully saturated rings. The molecule has 2 aromatic carbocycles. The molecule has 10 heteroatoms. The second kappa shape index (κ2) is 10.9.